The molecule has 2 atom stereocenters. The first kappa shape index (κ1) is 13.9. The van der Waals surface area contributed by atoms with E-state index < -0.39 is 14.3 Å². The minimum atomic E-state index is -1.43. The Morgan fingerprint density at radius 1 is 1.42 bits per heavy atom. The second-order valence-corrected chi connectivity index (χ2v) is 11.6. The second-order valence-electron chi connectivity index (χ2n) is 6.04. The zero-order valence-electron chi connectivity index (χ0n) is 11.7. The first-order valence-corrected chi connectivity index (χ1v) is 10.0. The van der Waals surface area contributed by atoms with Gasteiger partial charge in [-0.2, -0.15) is 0 Å². The minimum absolute atomic E-state index is 0.174. The van der Waals surface area contributed by atoms with Crippen LogP contribution in [0.4, 0.5) is 0 Å². The highest BCUT2D eigenvalue weighted by Gasteiger charge is 2.45. The maximum Gasteiger partial charge on any atom is 0.360 e. The third-order valence-corrected chi connectivity index (χ3v) is 4.92. The Hall–Kier alpha value is -1.56. The summed E-state index contributed by atoms with van der Waals surface area (Å²) in [6.45, 7) is 6.63. The quantitative estimate of drug-likeness (QED) is 0.483. The molecule has 1 aromatic rings. The van der Waals surface area contributed by atoms with Crippen molar-refractivity contribution >= 4 is 8.07 Å². The van der Waals surface area contributed by atoms with Crippen LogP contribution in [0.25, 0.3) is 0 Å². The van der Waals surface area contributed by atoms with Gasteiger partial charge in [-0.15, -0.1) is 0 Å². The molecule has 0 N–H and O–H groups in total. The Morgan fingerprint density at radius 3 is 2.63 bits per heavy atom. The fourth-order valence-electron chi connectivity index (χ4n) is 2.53. The standard InChI is InChI=1S/C13H19NO4Si/c1-17-11-7-5-6-9-10(8-19(2,3)4)13(14(15)16)18-12(9)11/h5-7,10,13H,8H2,1-4H3/t10-,13-/m0/s1. The number of rotatable bonds is 4. The van der Waals surface area contributed by atoms with Gasteiger partial charge in [-0.25, -0.2) is 0 Å². The molecule has 2 rings (SSSR count). The third-order valence-electron chi connectivity index (χ3n) is 3.25. The van der Waals surface area contributed by atoms with Gasteiger partial charge in [0.2, 0.25) is 0 Å². The lowest BCUT2D eigenvalue weighted by atomic mass is 10.0. The van der Waals surface area contributed by atoms with E-state index in [0.29, 0.717) is 11.5 Å². The molecular weight excluding hydrogens is 262 g/mol. The molecule has 1 aromatic carbocycles. The molecule has 0 aromatic heterocycles. The lowest BCUT2D eigenvalue weighted by Gasteiger charge is -2.21. The van der Waals surface area contributed by atoms with Crippen molar-refractivity contribution in [3.8, 4) is 11.5 Å². The number of nitro groups is 1. The summed E-state index contributed by atoms with van der Waals surface area (Å²) in [5, 5.41) is 11.2. The van der Waals surface area contributed by atoms with Gasteiger partial charge >= 0.3 is 6.23 Å². The fourth-order valence-corrected chi connectivity index (χ4v) is 4.27. The van der Waals surface area contributed by atoms with Gasteiger partial charge in [0.1, 0.15) is 0 Å². The molecule has 0 bridgehead atoms. The number of benzene rings is 1. The molecular formula is C13H19NO4Si. The lowest BCUT2D eigenvalue weighted by Crippen LogP contribution is -2.33. The van der Waals surface area contributed by atoms with Crippen LogP contribution < -0.4 is 9.47 Å². The Morgan fingerprint density at radius 2 is 2.11 bits per heavy atom. The van der Waals surface area contributed by atoms with Gasteiger partial charge in [-0.1, -0.05) is 31.8 Å². The maximum atomic E-state index is 11.2. The van der Waals surface area contributed by atoms with Gasteiger partial charge in [-0.3, -0.25) is 10.1 Å². The van der Waals surface area contributed by atoms with Crippen LogP contribution >= 0.6 is 0 Å². The normalized spacial score (nSPS) is 21.7. The molecule has 0 saturated heterocycles. The predicted molar refractivity (Wildman–Crippen MR) is 75.3 cm³/mol. The largest absolute Gasteiger partial charge is 0.493 e. The summed E-state index contributed by atoms with van der Waals surface area (Å²) in [7, 11) is 0.116. The monoisotopic (exact) mass is 281 g/mol. The average Bonchev–Trinajstić information content (AvgIpc) is 2.66. The van der Waals surface area contributed by atoms with Crippen molar-refractivity contribution in [2.75, 3.05) is 7.11 Å². The van der Waals surface area contributed by atoms with E-state index in [1.165, 1.54) is 0 Å². The second kappa shape index (κ2) is 4.84. The van der Waals surface area contributed by atoms with Crippen molar-refractivity contribution in [1.29, 1.82) is 0 Å². The number of fused-ring (bicyclic) bond motifs is 1. The molecule has 1 heterocycles. The number of ether oxygens (including phenoxy) is 2. The molecule has 0 saturated carbocycles. The van der Waals surface area contributed by atoms with E-state index in [1.54, 1.807) is 13.2 Å². The highest BCUT2D eigenvalue weighted by molar-refractivity contribution is 6.76. The van der Waals surface area contributed by atoms with Crippen molar-refractivity contribution in [3.05, 3.63) is 33.9 Å². The van der Waals surface area contributed by atoms with Crippen LogP contribution in [0, 0.1) is 10.1 Å². The van der Waals surface area contributed by atoms with Crippen molar-refractivity contribution in [1.82, 2.24) is 0 Å². The molecule has 0 fully saturated rings. The van der Waals surface area contributed by atoms with Gasteiger partial charge in [0.15, 0.2) is 11.5 Å². The van der Waals surface area contributed by atoms with E-state index in [1.807, 2.05) is 12.1 Å². The Kier molecular flexibility index (Phi) is 3.53. The maximum absolute atomic E-state index is 11.2. The van der Waals surface area contributed by atoms with Crippen molar-refractivity contribution < 1.29 is 14.4 Å². The minimum Gasteiger partial charge on any atom is -0.493 e. The predicted octanol–water partition coefficient (Wildman–Crippen LogP) is 3.11. The summed E-state index contributed by atoms with van der Waals surface area (Å²) < 4.78 is 10.8. The number of methoxy groups -OCH3 is 1. The molecule has 1 aliphatic heterocycles. The van der Waals surface area contributed by atoms with Gasteiger partial charge in [0.05, 0.1) is 18.0 Å². The molecule has 6 heteroatoms. The molecule has 1 aliphatic rings. The van der Waals surface area contributed by atoms with Gasteiger partial charge in [-0.05, 0) is 12.1 Å². The van der Waals surface area contributed by atoms with Crippen LogP contribution in [-0.2, 0) is 0 Å². The van der Waals surface area contributed by atoms with E-state index >= 15 is 0 Å². The Labute approximate surface area is 113 Å². The van der Waals surface area contributed by atoms with Gasteiger partial charge < -0.3 is 9.47 Å². The van der Waals surface area contributed by atoms with Crippen LogP contribution in [0.2, 0.25) is 25.7 Å². The van der Waals surface area contributed by atoms with E-state index in [4.69, 9.17) is 9.47 Å². The zero-order chi connectivity index (χ0) is 14.2. The summed E-state index contributed by atoms with van der Waals surface area (Å²) >= 11 is 0. The molecule has 19 heavy (non-hydrogen) atoms. The van der Waals surface area contributed by atoms with E-state index in [9.17, 15) is 10.1 Å². The SMILES string of the molecule is COc1cccc2c1O[C@H]([N+](=O)[O-])[C@H]2C[Si](C)(C)C. The van der Waals surface area contributed by atoms with Gasteiger partial charge in [0, 0.05) is 13.6 Å². The van der Waals surface area contributed by atoms with Crippen molar-refractivity contribution in [2.45, 2.75) is 37.8 Å². The first-order valence-electron chi connectivity index (χ1n) is 6.30. The summed E-state index contributed by atoms with van der Waals surface area (Å²) in [6, 6.07) is 6.37. The van der Waals surface area contributed by atoms with Crippen molar-refractivity contribution in [2.24, 2.45) is 0 Å². The highest BCUT2D eigenvalue weighted by Crippen LogP contribution is 2.47. The molecule has 0 unspecified atom stereocenters. The lowest BCUT2D eigenvalue weighted by molar-refractivity contribution is -0.563. The highest BCUT2D eigenvalue weighted by atomic mass is 28.3. The Balaban J connectivity index is 2.42. The zero-order valence-corrected chi connectivity index (χ0v) is 12.7. The number of para-hydroxylation sites is 1. The van der Waals surface area contributed by atoms with Crippen LogP contribution in [0.15, 0.2) is 18.2 Å². The van der Waals surface area contributed by atoms with Crippen LogP contribution in [-0.4, -0.2) is 26.3 Å². The average molecular weight is 281 g/mol. The molecule has 104 valence electrons. The smallest absolute Gasteiger partial charge is 0.360 e. The fraction of sp³-hybridized carbons (Fsp3) is 0.538. The topological polar surface area (TPSA) is 61.6 Å². The molecule has 0 amide bonds. The molecule has 0 spiro atoms. The summed E-state index contributed by atoms with van der Waals surface area (Å²) in [5.41, 5.74) is 0.906. The van der Waals surface area contributed by atoms with E-state index in [2.05, 4.69) is 19.6 Å². The first-order chi connectivity index (χ1) is 8.83. The number of hydrogen-bond acceptors (Lipinski definition) is 4. The summed E-state index contributed by atoms with van der Waals surface area (Å²) in [4.78, 5) is 10.9. The Bertz CT molecular complexity index is 498. The van der Waals surface area contributed by atoms with Crippen LogP contribution in [0.5, 0.6) is 11.5 Å². The van der Waals surface area contributed by atoms with Crippen LogP contribution in [0.1, 0.15) is 11.5 Å². The van der Waals surface area contributed by atoms with E-state index in [-0.39, 0.29) is 10.8 Å². The molecule has 0 aliphatic carbocycles. The van der Waals surface area contributed by atoms with Crippen LogP contribution in [0.3, 0.4) is 0 Å². The van der Waals surface area contributed by atoms with Crippen molar-refractivity contribution in [3.63, 3.8) is 0 Å². The number of nitrogens with zero attached hydrogens (tertiary/aromatic N) is 1. The summed E-state index contributed by atoms with van der Waals surface area (Å²) in [5.74, 6) is 0.934. The number of hydrogen-bond donors (Lipinski definition) is 0. The summed E-state index contributed by atoms with van der Waals surface area (Å²) in [6.07, 6.45) is -0.988. The van der Waals surface area contributed by atoms with Gasteiger partial charge in [0.25, 0.3) is 0 Å². The third kappa shape index (κ3) is 2.73. The molecule has 0 radical (unpaired) electrons. The molecule has 5 nitrogen and oxygen atoms in total. The van der Waals surface area contributed by atoms with E-state index in [0.717, 1.165) is 11.6 Å².